The smallest absolute Gasteiger partial charge is 0.373 e. The molecule has 2 aliphatic heterocycles. The second kappa shape index (κ2) is 9.84. The quantitative estimate of drug-likeness (QED) is 0.154. The zero-order valence-corrected chi connectivity index (χ0v) is 27.5. The summed E-state index contributed by atoms with van der Waals surface area (Å²) in [4.78, 5) is 13.4. The van der Waals surface area contributed by atoms with Crippen LogP contribution in [0, 0.1) is 17.4 Å². The number of rotatable bonds is 5. The van der Waals surface area contributed by atoms with Gasteiger partial charge in [0, 0.05) is 21.8 Å². The van der Waals surface area contributed by atoms with Gasteiger partial charge >= 0.3 is 12.4 Å². The van der Waals surface area contributed by atoms with Gasteiger partial charge in [-0.25, -0.2) is 0 Å². The summed E-state index contributed by atoms with van der Waals surface area (Å²) in [5.74, 6) is 0.225. The van der Waals surface area contributed by atoms with Crippen LogP contribution in [0.1, 0.15) is 49.2 Å². The van der Waals surface area contributed by atoms with Crippen molar-refractivity contribution in [2.75, 3.05) is 13.7 Å². The molecule has 38 heavy (non-hydrogen) atoms. The number of ether oxygens (including phenoxy) is 2. The Labute approximate surface area is 252 Å². The lowest BCUT2D eigenvalue weighted by Gasteiger charge is -2.40. The Kier molecular flexibility index (Phi) is 7.12. The van der Waals surface area contributed by atoms with Gasteiger partial charge in [0.1, 0.15) is 18.1 Å². The van der Waals surface area contributed by atoms with E-state index in [1.54, 1.807) is 7.11 Å². The zero-order chi connectivity index (χ0) is 27.7. The second-order valence-corrected chi connectivity index (χ2v) is 13.1. The molecule has 0 aliphatic carbocycles. The van der Waals surface area contributed by atoms with Gasteiger partial charge in [0.2, 0.25) is 0 Å². The predicted molar refractivity (Wildman–Crippen MR) is 174 cm³/mol. The van der Waals surface area contributed by atoms with Crippen LogP contribution in [0.3, 0.4) is 0 Å². The van der Waals surface area contributed by atoms with Crippen molar-refractivity contribution in [1.29, 1.82) is 0 Å². The van der Waals surface area contributed by atoms with Gasteiger partial charge in [-0.05, 0) is 113 Å². The van der Waals surface area contributed by atoms with E-state index in [1.807, 2.05) is 37.3 Å². The van der Waals surface area contributed by atoms with Crippen molar-refractivity contribution in [3.63, 3.8) is 0 Å². The summed E-state index contributed by atoms with van der Waals surface area (Å²) in [6, 6.07) is 12.1. The standard InChI is InChI=1S/C30H33BI2N2O3/c1-16(21-9-10-23-14-24(37-8)12-11-22(23)13-21)30(36)38-15-25-28-17(2)26(32)19(4)34(28)31(6,7)35-20(5)27(33)18(3)29(25)35/h9-14,16H,15H2,1-8H3/t16-/m0/s1. The number of esters is 1. The number of fused-ring (bicyclic) bond motifs is 3. The molecule has 5 rings (SSSR count). The van der Waals surface area contributed by atoms with E-state index in [2.05, 4.69) is 102 Å². The average molecular weight is 734 g/mol. The molecule has 0 amide bonds. The van der Waals surface area contributed by atoms with Crippen LogP contribution in [0.2, 0.25) is 13.6 Å². The van der Waals surface area contributed by atoms with E-state index >= 15 is 0 Å². The molecule has 5 nitrogen and oxygen atoms in total. The first-order chi connectivity index (χ1) is 17.9. The summed E-state index contributed by atoms with van der Waals surface area (Å²) in [7, 11) is 1.67. The van der Waals surface area contributed by atoms with Crippen LogP contribution in [-0.2, 0) is 9.53 Å². The molecule has 0 unspecified atom stereocenters. The molecule has 0 bridgehead atoms. The highest BCUT2D eigenvalue weighted by molar-refractivity contribution is 14.1. The maximum Gasteiger partial charge on any atom is 0.373 e. The molecule has 198 valence electrons. The number of hydrogen-bond acceptors (Lipinski definition) is 3. The topological polar surface area (TPSA) is 43.5 Å². The first-order valence-corrected chi connectivity index (χ1v) is 15.1. The molecule has 0 saturated carbocycles. The van der Waals surface area contributed by atoms with E-state index in [1.165, 1.54) is 41.1 Å². The molecule has 2 aromatic carbocycles. The summed E-state index contributed by atoms with van der Waals surface area (Å²) in [6.07, 6.45) is -1.10. The van der Waals surface area contributed by atoms with Gasteiger partial charge in [-0.15, -0.1) is 13.6 Å². The molecular weight excluding hydrogens is 701 g/mol. The first kappa shape index (κ1) is 27.5. The van der Waals surface area contributed by atoms with Crippen LogP contribution in [0.15, 0.2) is 51.2 Å². The largest absolute Gasteiger partial charge is 0.497 e. The maximum atomic E-state index is 13.4. The molecule has 0 fully saturated rings. The summed E-state index contributed by atoms with van der Waals surface area (Å²) in [5.41, 5.74) is 9.45. The third-order valence-electron chi connectivity index (χ3n) is 8.33. The number of halogens is 2. The molecule has 0 N–H and O–H groups in total. The van der Waals surface area contributed by atoms with Crippen LogP contribution in [0.5, 0.6) is 5.75 Å². The van der Waals surface area contributed by atoms with Crippen LogP contribution >= 0.6 is 45.2 Å². The minimum atomic E-state index is -1.10. The van der Waals surface area contributed by atoms with Crippen molar-refractivity contribution >= 4 is 79.6 Å². The van der Waals surface area contributed by atoms with Gasteiger partial charge in [-0.3, -0.25) is 4.79 Å². The Balaban J connectivity index is 1.51. The van der Waals surface area contributed by atoms with Crippen LogP contribution < -0.4 is 4.74 Å². The van der Waals surface area contributed by atoms with Crippen molar-refractivity contribution in [3.8, 4) is 5.75 Å². The fraction of sp³-hybridized carbons (Fsp3) is 0.333. The van der Waals surface area contributed by atoms with Gasteiger partial charge < -0.3 is 18.4 Å². The molecule has 3 heterocycles. The Morgan fingerprint density at radius 1 is 1.05 bits per heavy atom. The number of carbonyl (C=O) groups is 1. The lowest BCUT2D eigenvalue weighted by Crippen LogP contribution is -2.53. The normalized spacial score (nSPS) is 17.2. The van der Waals surface area contributed by atoms with E-state index in [4.69, 9.17) is 9.47 Å². The Morgan fingerprint density at radius 3 is 2.39 bits per heavy atom. The highest BCUT2D eigenvalue weighted by atomic mass is 127. The lowest BCUT2D eigenvalue weighted by molar-refractivity contribution is -0.336. The molecule has 1 atom stereocenters. The Bertz CT molecular complexity index is 1630. The van der Waals surface area contributed by atoms with Crippen LogP contribution in [0.4, 0.5) is 0 Å². The number of allylic oxidation sites excluding steroid dienone is 2. The number of nitrogens with zero attached hydrogens (tertiary/aromatic N) is 2. The highest BCUT2D eigenvalue weighted by Crippen LogP contribution is 2.45. The first-order valence-electron chi connectivity index (χ1n) is 13.0. The molecule has 1 aromatic heterocycles. The highest BCUT2D eigenvalue weighted by Gasteiger charge is 2.47. The third-order valence-corrected chi connectivity index (χ3v) is 11.5. The number of hydrogen-bond donors (Lipinski definition) is 0. The minimum Gasteiger partial charge on any atom is -0.497 e. The van der Waals surface area contributed by atoms with Gasteiger partial charge in [-0.1, -0.05) is 24.3 Å². The molecule has 0 radical (unpaired) electrons. The molecular formula is C30H33BI2N2O3. The summed E-state index contributed by atoms with van der Waals surface area (Å²) < 4.78 is 19.0. The van der Waals surface area contributed by atoms with E-state index in [0.717, 1.165) is 27.7 Å². The average Bonchev–Trinajstić information content (AvgIpc) is 3.28. The van der Waals surface area contributed by atoms with E-state index in [9.17, 15) is 4.79 Å². The van der Waals surface area contributed by atoms with Crippen molar-refractivity contribution in [1.82, 2.24) is 4.48 Å². The van der Waals surface area contributed by atoms with Crippen LogP contribution in [-0.4, -0.2) is 40.8 Å². The monoisotopic (exact) mass is 734 g/mol. The predicted octanol–water partition coefficient (Wildman–Crippen LogP) is 7.69. The molecule has 8 heteroatoms. The zero-order valence-electron chi connectivity index (χ0n) is 23.2. The number of benzene rings is 2. The molecule has 3 aromatic rings. The van der Waals surface area contributed by atoms with Gasteiger partial charge in [0.15, 0.2) is 5.70 Å². The fourth-order valence-corrected chi connectivity index (χ4v) is 7.42. The Morgan fingerprint density at radius 2 is 1.71 bits per heavy atom. The van der Waals surface area contributed by atoms with E-state index in [-0.39, 0.29) is 18.5 Å². The molecule has 0 spiro atoms. The lowest BCUT2D eigenvalue weighted by atomic mass is 9.48. The third kappa shape index (κ3) is 4.08. The Hall–Kier alpha value is -2.08. The summed E-state index contributed by atoms with van der Waals surface area (Å²) in [5, 5.41) is 2.16. The van der Waals surface area contributed by atoms with Gasteiger partial charge in [0.05, 0.1) is 22.2 Å². The van der Waals surface area contributed by atoms with E-state index in [0.29, 0.717) is 0 Å². The van der Waals surface area contributed by atoms with E-state index < -0.39 is 6.42 Å². The van der Waals surface area contributed by atoms with Crippen molar-refractivity contribution in [2.24, 2.45) is 0 Å². The SMILES string of the molecule is COc1ccc2cc([C@H](C)C(=O)OCC3=C4C(C)=C(I)C(C)=[N+]4[B-](C)(C)n4c(C)c(I)c(C)c43)ccc2c1. The van der Waals surface area contributed by atoms with Crippen molar-refractivity contribution in [2.45, 2.75) is 54.2 Å². The second-order valence-electron chi connectivity index (χ2n) is 11.0. The number of aromatic nitrogens is 1. The van der Waals surface area contributed by atoms with Crippen LogP contribution in [0.25, 0.3) is 16.3 Å². The summed E-state index contributed by atoms with van der Waals surface area (Å²) >= 11 is 4.92. The van der Waals surface area contributed by atoms with Crippen molar-refractivity contribution in [3.05, 3.63) is 77.3 Å². The number of carbonyl (C=O) groups excluding carboxylic acids is 1. The molecule has 2 aliphatic rings. The number of methoxy groups -OCH3 is 1. The van der Waals surface area contributed by atoms with Gasteiger partial charge in [-0.2, -0.15) is 0 Å². The molecule has 0 saturated heterocycles. The fourth-order valence-electron chi connectivity index (χ4n) is 6.39. The summed E-state index contributed by atoms with van der Waals surface area (Å²) in [6.45, 7) is 15.6. The van der Waals surface area contributed by atoms with Gasteiger partial charge in [0.25, 0.3) is 0 Å². The minimum absolute atomic E-state index is 0.218. The van der Waals surface area contributed by atoms with Crippen molar-refractivity contribution < 1.29 is 18.8 Å². The maximum absolute atomic E-state index is 13.4.